The molecule has 0 atom stereocenters. The molecule has 0 aromatic heterocycles. The van der Waals surface area contributed by atoms with Gasteiger partial charge in [0, 0.05) is 32.7 Å². The van der Waals surface area contributed by atoms with E-state index in [1.165, 1.54) is 19.3 Å². The van der Waals surface area contributed by atoms with Crippen molar-refractivity contribution >= 4 is 40.0 Å². The lowest BCUT2D eigenvalue weighted by atomic mass is 9.67. The van der Waals surface area contributed by atoms with E-state index >= 15 is 0 Å². The maximum atomic E-state index is 12.6. The van der Waals surface area contributed by atoms with Gasteiger partial charge >= 0.3 is 15.5 Å². The maximum absolute atomic E-state index is 12.6. The highest BCUT2D eigenvalue weighted by Crippen LogP contribution is 2.43. The Morgan fingerprint density at radius 3 is 2.21 bits per heavy atom. The first-order valence-corrected chi connectivity index (χ1v) is 11.2. The lowest BCUT2D eigenvalue weighted by Gasteiger charge is -2.40. The second-order valence-electron chi connectivity index (χ2n) is 7.58. The number of alkyl halides is 3. The zero-order valence-electron chi connectivity index (χ0n) is 16.5. The van der Waals surface area contributed by atoms with Gasteiger partial charge in [0.2, 0.25) is 0 Å². The van der Waals surface area contributed by atoms with Gasteiger partial charge in [-0.1, -0.05) is 13.3 Å². The Labute approximate surface area is 183 Å². The predicted octanol–water partition coefficient (Wildman–Crippen LogP) is 3.30. The van der Waals surface area contributed by atoms with Gasteiger partial charge in [0.25, 0.3) is 0 Å². The topological polar surface area (TPSA) is 73.8 Å². The Balaban J connectivity index is 0.00000392. The summed E-state index contributed by atoms with van der Waals surface area (Å²) in [5.74, 6) is 0.847. The van der Waals surface area contributed by atoms with E-state index in [0.717, 1.165) is 25.5 Å². The summed E-state index contributed by atoms with van der Waals surface area (Å²) in [5.41, 5.74) is -4.90. The Hall–Kier alpha value is -0.300. The fourth-order valence-electron chi connectivity index (χ4n) is 3.63. The molecule has 2 aliphatic rings. The van der Waals surface area contributed by atoms with E-state index in [1.807, 2.05) is 6.92 Å². The Morgan fingerprint density at radius 1 is 1.18 bits per heavy atom. The van der Waals surface area contributed by atoms with E-state index in [1.54, 1.807) is 0 Å². The summed E-state index contributed by atoms with van der Waals surface area (Å²) in [6.45, 7) is 6.06. The van der Waals surface area contributed by atoms with Gasteiger partial charge in [0.15, 0.2) is 5.96 Å². The minimum atomic E-state index is -5.22. The molecule has 11 heteroatoms. The summed E-state index contributed by atoms with van der Waals surface area (Å²) in [5, 5.41) is 6.47. The van der Waals surface area contributed by atoms with E-state index in [9.17, 15) is 21.6 Å². The van der Waals surface area contributed by atoms with Crippen molar-refractivity contribution in [1.29, 1.82) is 0 Å². The molecule has 1 saturated heterocycles. The maximum Gasteiger partial charge on any atom is 0.511 e. The smallest absolute Gasteiger partial charge is 0.357 e. The molecule has 0 aromatic carbocycles. The Bertz CT molecular complexity index is 611. The highest BCUT2D eigenvalue weighted by Gasteiger charge is 2.50. The molecule has 0 unspecified atom stereocenters. The number of nitrogens with one attached hydrogen (secondary N) is 2. The third-order valence-electron chi connectivity index (χ3n) is 5.85. The highest BCUT2D eigenvalue weighted by molar-refractivity contribution is 14.0. The SMILES string of the molecule is CCNC(=NCC1(CC)CCC1)NCC1CCN(S(=O)(=O)C(F)(F)F)CC1.I. The first-order valence-electron chi connectivity index (χ1n) is 9.72. The molecule has 1 heterocycles. The number of nitrogens with zero attached hydrogens (tertiary/aromatic N) is 2. The minimum Gasteiger partial charge on any atom is -0.357 e. The van der Waals surface area contributed by atoms with Gasteiger partial charge in [0.1, 0.15) is 0 Å². The zero-order valence-corrected chi connectivity index (χ0v) is 19.7. The summed E-state index contributed by atoms with van der Waals surface area (Å²) in [6, 6.07) is 0. The van der Waals surface area contributed by atoms with Crippen LogP contribution in [0.3, 0.4) is 0 Å². The molecule has 0 aromatic rings. The van der Waals surface area contributed by atoms with Crippen LogP contribution < -0.4 is 10.6 Å². The quantitative estimate of drug-likeness (QED) is 0.296. The van der Waals surface area contributed by atoms with Crippen LogP contribution in [-0.2, 0) is 10.0 Å². The van der Waals surface area contributed by atoms with Crippen molar-refractivity contribution in [3.63, 3.8) is 0 Å². The van der Waals surface area contributed by atoms with Gasteiger partial charge in [0.05, 0.1) is 0 Å². The van der Waals surface area contributed by atoms with Crippen molar-refractivity contribution in [1.82, 2.24) is 14.9 Å². The Kier molecular flexibility index (Phi) is 9.79. The minimum absolute atomic E-state index is 0. The highest BCUT2D eigenvalue weighted by atomic mass is 127. The number of halogens is 4. The van der Waals surface area contributed by atoms with Gasteiger partial charge in [-0.2, -0.15) is 17.5 Å². The number of guanidine groups is 1. The van der Waals surface area contributed by atoms with Crippen molar-refractivity contribution in [2.45, 2.75) is 57.9 Å². The van der Waals surface area contributed by atoms with E-state index in [4.69, 9.17) is 0 Å². The molecule has 0 spiro atoms. The van der Waals surface area contributed by atoms with Gasteiger partial charge < -0.3 is 10.6 Å². The zero-order chi connectivity index (χ0) is 20.1. The van der Waals surface area contributed by atoms with Crippen LogP contribution >= 0.6 is 24.0 Å². The molecular weight excluding hydrogens is 508 g/mol. The number of aliphatic imine (C=N–C) groups is 1. The molecule has 1 aliphatic carbocycles. The van der Waals surface area contributed by atoms with Crippen molar-refractivity contribution in [3.8, 4) is 0 Å². The molecule has 0 radical (unpaired) electrons. The average molecular weight is 540 g/mol. The summed E-state index contributed by atoms with van der Waals surface area (Å²) in [7, 11) is -5.21. The largest absolute Gasteiger partial charge is 0.511 e. The fraction of sp³-hybridized carbons (Fsp3) is 0.941. The molecule has 6 nitrogen and oxygen atoms in total. The molecule has 1 aliphatic heterocycles. The molecule has 0 bridgehead atoms. The molecule has 2 rings (SSSR count). The van der Waals surface area contributed by atoms with Crippen LogP contribution in [0.2, 0.25) is 0 Å². The van der Waals surface area contributed by atoms with E-state index in [2.05, 4.69) is 22.5 Å². The molecule has 28 heavy (non-hydrogen) atoms. The molecule has 1 saturated carbocycles. The van der Waals surface area contributed by atoms with Crippen LogP contribution in [0, 0.1) is 11.3 Å². The second-order valence-corrected chi connectivity index (χ2v) is 9.51. The monoisotopic (exact) mass is 540 g/mol. The average Bonchev–Trinajstić information content (AvgIpc) is 2.58. The molecule has 0 amide bonds. The number of piperidine rings is 1. The van der Waals surface area contributed by atoms with Gasteiger partial charge in [-0.25, -0.2) is 8.42 Å². The first-order chi connectivity index (χ1) is 12.6. The third-order valence-corrected chi connectivity index (χ3v) is 7.48. The number of hydrogen-bond donors (Lipinski definition) is 2. The molecule has 2 fully saturated rings. The van der Waals surface area contributed by atoms with Crippen LogP contribution in [0.5, 0.6) is 0 Å². The van der Waals surface area contributed by atoms with Crippen molar-refractivity contribution in [2.24, 2.45) is 16.3 Å². The van der Waals surface area contributed by atoms with Gasteiger partial charge in [-0.05, 0) is 50.4 Å². The third kappa shape index (κ3) is 6.35. The summed E-state index contributed by atoms with van der Waals surface area (Å²) >= 11 is 0. The van der Waals surface area contributed by atoms with Crippen LogP contribution in [-0.4, -0.2) is 56.9 Å². The summed E-state index contributed by atoms with van der Waals surface area (Å²) in [4.78, 5) is 4.69. The lowest BCUT2D eigenvalue weighted by molar-refractivity contribution is -0.0496. The second kappa shape index (κ2) is 10.6. The summed E-state index contributed by atoms with van der Waals surface area (Å²) in [6.07, 6.45) is 5.59. The van der Waals surface area contributed by atoms with Crippen molar-refractivity contribution < 1.29 is 21.6 Å². The number of hydrogen-bond acceptors (Lipinski definition) is 3. The van der Waals surface area contributed by atoms with E-state index in [-0.39, 0.29) is 43.0 Å². The summed E-state index contributed by atoms with van der Waals surface area (Å²) < 4.78 is 61.4. The van der Waals surface area contributed by atoms with Gasteiger partial charge in [-0.3, -0.25) is 4.99 Å². The standard InChI is InChI=1S/C17H31F3N4O2S.HI/c1-3-16(8-5-9-16)13-23-15(21-4-2)22-12-14-6-10-24(11-7-14)27(25,26)17(18,19)20;/h14H,3-13H2,1-2H3,(H2,21,22,23);1H. The lowest BCUT2D eigenvalue weighted by Crippen LogP contribution is -2.47. The number of rotatable bonds is 7. The molecular formula is C17H32F3IN4O2S. The van der Waals surface area contributed by atoms with Crippen LogP contribution in [0.4, 0.5) is 13.2 Å². The normalized spacial score (nSPS) is 21.5. The van der Waals surface area contributed by atoms with Crippen molar-refractivity contribution in [2.75, 3.05) is 32.7 Å². The molecule has 166 valence electrons. The van der Waals surface area contributed by atoms with Crippen LogP contribution in [0.25, 0.3) is 0 Å². The number of sulfonamides is 1. The molecule has 2 N–H and O–H groups in total. The fourth-order valence-corrected chi connectivity index (χ4v) is 4.61. The van der Waals surface area contributed by atoms with Crippen LogP contribution in [0.15, 0.2) is 4.99 Å². The van der Waals surface area contributed by atoms with Crippen LogP contribution in [0.1, 0.15) is 52.4 Å². The predicted molar refractivity (Wildman–Crippen MR) is 115 cm³/mol. The van der Waals surface area contributed by atoms with E-state index < -0.39 is 15.5 Å². The first kappa shape index (κ1) is 25.7. The van der Waals surface area contributed by atoms with Crippen molar-refractivity contribution in [3.05, 3.63) is 0 Å². The Morgan fingerprint density at radius 2 is 1.79 bits per heavy atom. The van der Waals surface area contributed by atoms with E-state index in [0.29, 0.717) is 29.1 Å². The van der Waals surface area contributed by atoms with Gasteiger partial charge in [-0.15, -0.1) is 24.0 Å².